The van der Waals surface area contributed by atoms with Crippen molar-refractivity contribution in [3.8, 4) is 0 Å². The van der Waals surface area contributed by atoms with Gasteiger partial charge in [-0.25, -0.2) is 0 Å². The van der Waals surface area contributed by atoms with E-state index in [1.54, 1.807) is 0 Å². The van der Waals surface area contributed by atoms with Gasteiger partial charge in [0, 0.05) is 0 Å². The van der Waals surface area contributed by atoms with Crippen LogP contribution in [0.4, 0.5) is 9.59 Å². The van der Waals surface area contributed by atoms with E-state index in [0.29, 0.717) is 0 Å². The van der Waals surface area contributed by atoms with Gasteiger partial charge in [0.2, 0.25) is 0 Å². The third-order valence-electron chi connectivity index (χ3n) is 3.91. The standard InChI is InChI=1S/2C10H22.2CH3NOS.Zn/c2*1-3-5-7-9-10-8-6-4-2;2*2-1(3)4;/h2*3-10H2,1-2H3;2*(H3,2,3,4);/q;;;;+2/p-2. The number of carbonyl (C=O) groups excluding carboxylic acids is 2. The normalized spacial score (nSPS) is 8.69. The summed E-state index contributed by atoms with van der Waals surface area (Å²) in [6, 6.07) is 0. The first-order valence-electron chi connectivity index (χ1n) is 11.2. The molecule has 0 bridgehead atoms. The molecule has 4 N–H and O–H groups in total. The molecule has 172 valence electrons. The van der Waals surface area contributed by atoms with Crippen molar-refractivity contribution in [2.75, 3.05) is 0 Å². The Bertz CT molecular complexity index is 246. The van der Waals surface area contributed by atoms with Crippen molar-refractivity contribution >= 4 is 35.7 Å². The quantitative estimate of drug-likeness (QED) is 0.146. The van der Waals surface area contributed by atoms with Gasteiger partial charge in [0.05, 0.1) is 10.5 Å². The Morgan fingerprint density at radius 3 is 0.690 bits per heavy atom. The molecule has 0 rings (SSSR count). The van der Waals surface area contributed by atoms with Gasteiger partial charge in [-0.2, -0.15) is 0 Å². The Labute approximate surface area is 206 Å². The van der Waals surface area contributed by atoms with Gasteiger partial charge in [-0.05, 0) is 0 Å². The molecule has 0 radical (unpaired) electrons. The summed E-state index contributed by atoms with van der Waals surface area (Å²) in [6.07, 6.45) is 22.9. The fourth-order valence-corrected chi connectivity index (χ4v) is 2.41. The molecular formula is C22H48N2O2S2Zn. The molecule has 0 fully saturated rings. The second kappa shape index (κ2) is 42.2. The summed E-state index contributed by atoms with van der Waals surface area (Å²) in [5.41, 5.74) is 8.57. The molecule has 0 spiro atoms. The number of carbonyl (C=O) groups is 2. The van der Waals surface area contributed by atoms with E-state index in [-0.39, 0.29) is 19.5 Å². The molecule has 0 aromatic rings. The Morgan fingerprint density at radius 2 is 0.586 bits per heavy atom. The van der Waals surface area contributed by atoms with Crippen LogP contribution in [0.25, 0.3) is 0 Å². The predicted molar refractivity (Wildman–Crippen MR) is 130 cm³/mol. The van der Waals surface area contributed by atoms with Crippen LogP contribution in [0.15, 0.2) is 0 Å². The largest absolute Gasteiger partial charge is 2.00 e. The van der Waals surface area contributed by atoms with Gasteiger partial charge >= 0.3 is 19.5 Å². The maximum Gasteiger partial charge on any atom is 2.00 e. The number of amides is 2. The maximum atomic E-state index is 9.04. The molecule has 0 saturated heterocycles. The zero-order valence-electron chi connectivity index (χ0n) is 19.8. The number of nitrogens with two attached hydrogens (primary N) is 2. The maximum absolute atomic E-state index is 9.04. The summed E-state index contributed by atoms with van der Waals surface area (Å²) in [4.78, 5) is 18.1. The van der Waals surface area contributed by atoms with Gasteiger partial charge in [0.1, 0.15) is 0 Å². The van der Waals surface area contributed by atoms with Crippen LogP contribution in [0, 0.1) is 0 Å². The molecule has 0 aliphatic carbocycles. The first-order valence-corrected chi connectivity index (χ1v) is 12.0. The van der Waals surface area contributed by atoms with Crippen LogP contribution in [-0.4, -0.2) is 10.5 Å². The average Bonchev–Trinajstić information content (AvgIpc) is 2.61. The van der Waals surface area contributed by atoms with Crippen molar-refractivity contribution in [1.29, 1.82) is 0 Å². The van der Waals surface area contributed by atoms with Gasteiger partial charge in [0.25, 0.3) is 0 Å². The zero-order chi connectivity index (χ0) is 22.5. The van der Waals surface area contributed by atoms with E-state index in [0.717, 1.165) is 0 Å². The van der Waals surface area contributed by atoms with Crippen LogP contribution in [0.3, 0.4) is 0 Å². The predicted octanol–water partition coefficient (Wildman–Crippen LogP) is 7.52. The van der Waals surface area contributed by atoms with Gasteiger partial charge in [-0.1, -0.05) is 130 Å². The first-order chi connectivity index (χ1) is 13.3. The minimum atomic E-state index is -0.750. The SMILES string of the molecule is CCCCCCCCCC.CCCCCCCCCC.NC(=O)[S-].NC(=O)[S-].[Zn+2]. The fraction of sp³-hybridized carbons (Fsp3) is 0.909. The zero-order valence-corrected chi connectivity index (χ0v) is 24.4. The van der Waals surface area contributed by atoms with E-state index in [2.05, 4.69) is 64.4 Å². The van der Waals surface area contributed by atoms with E-state index >= 15 is 0 Å². The molecule has 2 amide bonds. The molecule has 0 aromatic heterocycles. The average molecular weight is 502 g/mol. The third-order valence-corrected chi connectivity index (χ3v) is 3.91. The number of rotatable bonds is 14. The van der Waals surface area contributed by atoms with E-state index in [9.17, 15) is 0 Å². The Balaban J connectivity index is -0.0000000950. The molecule has 0 aliphatic heterocycles. The number of unbranched alkanes of at least 4 members (excludes halogenated alkanes) is 14. The summed E-state index contributed by atoms with van der Waals surface area (Å²) in [5.74, 6) is 0. The summed E-state index contributed by atoms with van der Waals surface area (Å²) < 4.78 is 0. The Hall–Kier alpha value is 0.00338. The minimum absolute atomic E-state index is 0. The smallest absolute Gasteiger partial charge is 0.719 e. The number of hydrogen-bond donors (Lipinski definition) is 2. The fourth-order valence-electron chi connectivity index (χ4n) is 2.41. The molecule has 0 atom stereocenters. The van der Waals surface area contributed by atoms with E-state index in [4.69, 9.17) is 9.59 Å². The van der Waals surface area contributed by atoms with Gasteiger partial charge in [-0.3, -0.25) is 0 Å². The van der Waals surface area contributed by atoms with Crippen LogP contribution in [0.1, 0.15) is 130 Å². The molecular weight excluding hydrogens is 454 g/mol. The molecule has 29 heavy (non-hydrogen) atoms. The Kier molecular flexibility index (Phi) is 57.4. The number of primary amides is 2. The molecule has 0 saturated carbocycles. The summed E-state index contributed by atoms with van der Waals surface area (Å²) in [6.45, 7) is 9.08. The van der Waals surface area contributed by atoms with Crippen molar-refractivity contribution in [3.63, 3.8) is 0 Å². The van der Waals surface area contributed by atoms with Crippen LogP contribution in [0.2, 0.25) is 0 Å². The Morgan fingerprint density at radius 1 is 0.483 bits per heavy atom. The van der Waals surface area contributed by atoms with E-state index in [1.807, 2.05) is 0 Å². The third kappa shape index (κ3) is 96.6. The molecule has 4 nitrogen and oxygen atoms in total. The topological polar surface area (TPSA) is 86.2 Å². The van der Waals surface area contributed by atoms with Gasteiger partial charge < -0.3 is 46.3 Å². The van der Waals surface area contributed by atoms with E-state index < -0.39 is 10.5 Å². The molecule has 0 aromatic carbocycles. The van der Waals surface area contributed by atoms with Crippen LogP contribution >= 0.6 is 0 Å². The van der Waals surface area contributed by atoms with Gasteiger partial charge in [0.15, 0.2) is 0 Å². The van der Waals surface area contributed by atoms with Crippen LogP contribution in [-0.2, 0) is 44.7 Å². The van der Waals surface area contributed by atoms with Crippen molar-refractivity contribution in [1.82, 2.24) is 0 Å². The van der Waals surface area contributed by atoms with Crippen molar-refractivity contribution in [2.24, 2.45) is 11.5 Å². The molecule has 0 aliphatic rings. The van der Waals surface area contributed by atoms with Crippen LogP contribution < -0.4 is 11.5 Å². The van der Waals surface area contributed by atoms with Gasteiger partial charge in [-0.15, -0.1) is 0 Å². The summed E-state index contributed by atoms with van der Waals surface area (Å²) in [5, 5.41) is -1.50. The van der Waals surface area contributed by atoms with Crippen molar-refractivity contribution in [3.05, 3.63) is 0 Å². The first kappa shape index (κ1) is 39.5. The molecule has 0 unspecified atom stereocenters. The summed E-state index contributed by atoms with van der Waals surface area (Å²) >= 11 is 7.52. The number of hydrogen-bond acceptors (Lipinski definition) is 4. The molecule has 0 heterocycles. The molecule has 7 heteroatoms. The van der Waals surface area contributed by atoms with E-state index in [1.165, 1.54) is 103 Å². The van der Waals surface area contributed by atoms with Crippen molar-refractivity contribution in [2.45, 2.75) is 130 Å². The second-order valence-corrected chi connectivity index (χ2v) is 7.69. The second-order valence-electron chi connectivity index (χ2n) is 6.88. The minimum Gasteiger partial charge on any atom is -0.719 e. The summed E-state index contributed by atoms with van der Waals surface area (Å²) in [7, 11) is 0. The van der Waals surface area contributed by atoms with Crippen molar-refractivity contribution < 1.29 is 29.1 Å². The van der Waals surface area contributed by atoms with Crippen LogP contribution in [0.5, 0.6) is 0 Å². The monoisotopic (exact) mass is 500 g/mol.